The molecular weight excluding hydrogens is 536 g/mol. The number of carbonyl (C=O) groups is 2. The molecule has 0 N–H and O–H groups in total. The summed E-state index contributed by atoms with van der Waals surface area (Å²) < 4.78 is 12.8. The molecule has 2 heterocycles. The van der Waals surface area contributed by atoms with Crippen molar-refractivity contribution in [3.8, 4) is 5.75 Å². The highest BCUT2D eigenvalue weighted by Crippen LogP contribution is 2.35. The van der Waals surface area contributed by atoms with Crippen molar-refractivity contribution in [1.29, 1.82) is 0 Å². The van der Waals surface area contributed by atoms with Crippen LogP contribution in [0.3, 0.4) is 0 Å². The number of thiazole rings is 1. The topological polar surface area (TPSA) is 87.0 Å². The minimum absolute atomic E-state index is 0.187. The number of nitrogens with zero attached hydrogens (tertiary/aromatic N) is 2. The molecule has 0 spiro atoms. The zero-order valence-electron chi connectivity index (χ0n) is 23.3. The fourth-order valence-corrected chi connectivity index (χ4v) is 5.81. The van der Waals surface area contributed by atoms with Gasteiger partial charge in [0.15, 0.2) is 4.80 Å². The van der Waals surface area contributed by atoms with Gasteiger partial charge in [0.2, 0.25) is 0 Å². The van der Waals surface area contributed by atoms with Crippen LogP contribution in [0.1, 0.15) is 61.9 Å². The summed E-state index contributed by atoms with van der Waals surface area (Å²) in [6, 6.07) is 23.7. The van der Waals surface area contributed by atoms with Gasteiger partial charge in [0.1, 0.15) is 5.75 Å². The van der Waals surface area contributed by atoms with Gasteiger partial charge in [0, 0.05) is 12.5 Å². The molecule has 0 saturated carbocycles. The Morgan fingerprint density at radius 2 is 1.76 bits per heavy atom. The predicted molar refractivity (Wildman–Crippen MR) is 159 cm³/mol. The Labute approximate surface area is 241 Å². The third-order valence-corrected chi connectivity index (χ3v) is 7.69. The van der Waals surface area contributed by atoms with Gasteiger partial charge in [-0.1, -0.05) is 91.9 Å². The Morgan fingerprint density at radius 1 is 1.02 bits per heavy atom. The summed E-state index contributed by atoms with van der Waals surface area (Å²) in [6.07, 6.45) is 1.74. The highest BCUT2D eigenvalue weighted by molar-refractivity contribution is 7.07. The van der Waals surface area contributed by atoms with E-state index in [2.05, 4.69) is 13.8 Å². The lowest BCUT2D eigenvalue weighted by Crippen LogP contribution is -2.40. The lowest BCUT2D eigenvalue weighted by Gasteiger charge is -2.26. The van der Waals surface area contributed by atoms with Crippen LogP contribution in [0.5, 0.6) is 5.75 Å². The molecule has 41 heavy (non-hydrogen) atoms. The van der Waals surface area contributed by atoms with Crippen LogP contribution in [0.15, 0.2) is 94.2 Å². The molecule has 0 amide bonds. The van der Waals surface area contributed by atoms with Gasteiger partial charge in [-0.2, -0.15) is 0 Å². The van der Waals surface area contributed by atoms with Gasteiger partial charge in [0.25, 0.3) is 5.56 Å². The van der Waals surface area contributed by atoms with Gasteiger partial charge >= 0.3 is 11.9 Å². The van der Waals surface area contributed by atoms with Crippen molar-refractivity contribution in [3.63, 3.8) is 0 Å². The molecule has 208 valence electrons. The van der Waals surface area contributed by atoms with Crippen molar-refractivity contribution in [1.82, 2.24) is 4.57 Å². The van der Waals surface area contributed by atoms with Gasteiger partial charge < -0.3 is 9.47 Å². The fraction of sp³-hybridized carbons (Fsp3) is 0.212. The second kappa shape index (κ2) is 11.9. The first kappa shape index (κ1) is 28.0. The Kier molecular flexibility index (Phi) is 8.12. The number of benzene rings is 3. The van der Waals surface area contributed by atoms with E-state index in [1.165, 1.54) is 18.3 Å². The lowest BCUT2D eigenvalue weighted by atomic mass is 9.91. The molecule has 0 radical (unpaired) electrons. The predicted octanol–water partition coefficient (Wildman–Crippen LogP) is 4.98. The number of rotatable bonds is 7. The van der Waals surface area contributed by atoms with Crippen molar-refractivity contribution in [2.24, 2.45) is 4.99 Å². The van der Waals surface area contributed by atoms with Crippen LogP contribution in [-0.4, -0.2) is 23.1 Å². The van der Waals surface area contributed by atoms with E-state index < -0.39 is 18.0 Å². The summed E-state index contributed by atoms with van der Waals surface area (Å²) in [4.78, 5) is 44.4. The zero-order chi connectivity index (χ0) is 29.1. The number of esters is 2. The third kappa shape index (κ3) is 5.83. The van der Waals surface area contributed by atoms with Crippen molar-refractivity contribution in [2.45, 2.75) is 39.7 Å². The van der Waals surface area contributed by atoms with E-state index in [1.54, 1.807) is 35.8 Å². The summed E-state index contributed by atoms with van der Waals surface area (Å²) in [5, 5.41) is 0. The Morgan fingerprint density at radius 3 is 2.41 bits per heavy atom. The van der Waals surface area contributed by atoms with Crippen LogP contribution in [0, 0.1) is 0 Å². The average molecular weight is 567 g/mol. The smallest absolute Gasteiger partial charge is 0.338 e. The average Bonchev–Trinajstić information content (AvgIpc) is 3.26. The Hall–Kier alpha value is -4.56. The molecule has 3 aromatic carbocycles. The highest BCUT2D eigenvalue weighted by Gasteiger charge is 2.35. The van der Waals surface area contributed by atoms with E-state index in [9.17, 15) is 14.4 Å². The van der Waals surface area contributed by atoms with Crippen molar-refractivity contribution in [2.75, 3.05) is 6.61 Å². The van der Waals surface area contributed by atoms with Crippen LogP contribution in [0.2, 0.25) is 0 Å². The van der Waals surface area contributed by atoms with Gasteiger partial charge in [-0.05, 0) is 47.7 Å². The highest BCUT2D eigenvalue weighted by atomic mass is 32.1. The molecule has 4 aromatic rings. The van der Waals surface area contributed by atoms with Crippen LogP contribution in [0.25, 0.3) is 11.8 Å². The molecule has 0 aliphatic carbocycles. The standard InChI is InChI=1S/C33H30N2O5S/c1-5-39-32(38)28-29(24-11-7-6-8-12-24)34-33-35(30(28)25-16-14-23(15-17-25)20(2)3)31(37)27(41-33)19-22-10-9-13-26(18-22)40-21(4)36/h6-20,30H,5H2,1-4H3/b27-19-/t30-/m1/s1. The molecule has 1 atom stereocenters. The van der Waals surface area contributed by atoms with Crippen LogP contribution in [-0.2, 0) is 14.3 Å². The summed E-state index contributed by atoms with van der Waals surface area (Å²) in [5.41, 5.74) is 3.89. The SMILES string of the molecule is CCOC(=O)C1=C(c2ccccc2)N=c2s/c(=C\c3cccc(OC(C)=O)c3)c(=O)n2[C@@H]1c1ccc(C(C)C)cc1. The molecule has 1 aliphatic rings. The fourth-order valence-electron chi connectivity index (χ4n) is 4.80. The molecule has 1 aliphatic heterocycles. The number of fused-ring (bicyclic) bond motifs is 1. The summed E-state index contributed by atoms with van der Waals surface area (Å²) in [7, 11) is 0. The quantitative estimate of drug-likeness (QED) is 0.233. The maximum absolute atomic E-state index is 14.0. The van der Waals surface area contributed by atoms with E-state index >= 15 is 0 Å². The third-order valence-electron chi connectivity index (χ3n) is 6.71. The number of hydrogen-bond donors (Lipinski definition) is 0. The molecule has 0 fully saturated rings. The number of hydrogen-bond acceptors (Lipinski definition) is 7. The van der Waals surface area contributed by atoms with Gasteiger partial charge in [0.05, 0.1) is 28.5 Å². The molecule has 0 saturated heterocycles. The summed E-state index contributed by atoms with van der Waals surface area (Å²) in [5.74, 6) is -0.229. The molecule has 5 rings (SSSR count). The number of ether oxygens (including phenoxy) is 2. The van der Waals surface area contributed by atoms with Crippen LogP contribution < -0.4 is 19.6 Å². The van der Waals surface area contributed by atoms with Crippen molar-refractivity contribution >= 4 is 35.0 Å². The first-order chi connectivity index (χ1) is 19.8. The van der Waals surface area contributed by atoms with Crippen LogP contribution >= 0.6 is 11.3 Å². The Bertz CT molecular complexity index is 1820. The molecule has 1 aromatic heterocycles. The molecule has 0 unspecified atom stereocenters. The Balaban J connectivity index is 1.77. The maximum Gasteiger partial charge on any atom is 0.338 e. The van der Waals surface area contributed by atoms with Crippen molar-refractivity contribution in [3.05, 3.63) is 126 Å². The monoisotopic (exact) mass is 566 g/mol. The second-order valence-electron chi connectivity index (χ2n) is 9.92. The van der Waals surface area contributed by atoms with Gasteiger partial charge in [-0.3, -0.25) is 14.2 Å². The van der Waals surface area contributed by atoms with Crippen molar-refractivity contribution < 1.29 is 19.1 Å². The maximum atomic E-state index is 14.0. The van der Waals surface area contributed by atoms with E-state index in [1.807, 2.05) is 60.7 Å². The van der Waals surface area contributed by atoms with E-state index in [-0.39, 0.29) is 12.2 Å². The normalized spacial score (nSPS) is 15.0. The van der Waals surface area contributed by atoms with E-state index in [0.717, 1.165) is 16.7 Å². The summed E-state index contributed by atoms with van der Waals surface area (Å²) >= 11 is 1.24. The zero-order valence-corrected chi connectivity index (χ0v) is 24.1. The van der Waals surface area contributed by atoms with Gasteiger partial charge in [-0.15, -0.1) is 0 Å². The van der Waals surface area contributed by atoms with E-state index in [0.29, 0.717) is 37.8 Å². The molecule has 7 nitrogen and oxygen atoms in total. The lowest BCUT2D eigenvalue weighted by molar-refractivity contribution is -0.139. The number of aromatic nitrogens is 1. The minimum atomic E-state index is -0.740. The van der Waals surface area contributed by atoms with E-state index in [4.69, 9.17) is 14.5 Å². The first-order valence-electron chi connectivity index (χ1n) is 13.4. The molecular formula is C33H30N2O5S. The molecule has 0 bridgehead atoms. The first-order valence-corrected chi connectivity index (χ1v) is 14.2. The second-order valence-corrected chi connectivity index (χ2v) is 10.9. The largest absolute Gasteiger partial charge is 0.463 e. The molecule has 8 heteroatoms. The summed E-state index contributed by atoms with van der Waals surface area (Å²) in [6.45, 7) is 7.51. The van der Waals surface area contributed by atoms with Gasteiger partial charge in [-0.25, -0.2) is 9.79 Å². The number of carbonyl (C=O) groups excluding carboxylic acids is 2. The van der Waals surface area contributed by atoms with Crippen LogP contribution in [0.4, 0.5) is 0 Å². The minimum Gasteiger partial charge on any atom is -0.463 e.